The molecule has 0 saturated carbocycles. The van der Waals surface area contributed by atoms with Crippen LogP contribution in [0, 0.1) is 5.92 Å². The van der Waals surface area contributed by atoms with Gasteiger partial charge in [-0.3, -0.25) is 9.59 Å². The highest BCUT2D eigenvalue weighted by atomic mass is 16.4. The maximum atomic E-state index is 11.9. The predicted molar refractivity (Wildman–Crippen MR) is 65.7 cm³/mol. The summed E-state index contributed by atoms with van der Waals surface area (Å²) < 4.78 is 1.85. The number of amides is 1. The fourth-order valence-corrected chi connectivity index (χ4v) is 1.67. The molecule has 0 aliphatic rings. The largest absolute Gasteiger partial charge is 0.481 e. The van der Waals surface area contributed by atoms with E-state index in [4.69, 9.17) is 5.11 Å². The number of aliphatic carboxylic acids is 1. The Hall–Kier alpha value is -1.85. The van der Waals surface area contributed by atoms with Gasteiger partial charge in [-0.25, -0.2) is 4.98 Å². The molecular formula is C12H19N3O3. The van der Waals surface area contributed by atoms with Gasteiger partial charge in [-0.05, 0) is 5.92 Å². The van der Waals surface area contributed by atoms with E-state index in [0.717, 1.165) is 5.82 Å². The normalized spacial score (nSPS) is 12.2. The zero-order chi connectivity index (χ0) is 13.7. The Morgan fingerprint density at radius 1 is 1.50 bits per heavy atom. The number of carbonyl (C=O) groups excluding carboxylic acids is 1. The molecule has 1 rings (SSSR count). The van der Waals surface area contributed by atoms with Crippen molar-refractivity contribution in [1.82, 2.24) is 14.5 Å². The van der Waals surface area contributed by atoms with Crippen LogP contribution in [0.1, 0.15) is 25.6 Å². The van der Waals surface area contributed by atoms with Gasteiger partial charge in [0, 0.05) is 39.3 Å². The van der Waals surface area contributed by atoms with Gasteiger partial charge in [0.2, 0.25) is 5.91 Å². The van der Waals surface area contributed by atoms with E-state index in [9.17, 15) is 9.59 Å². The fraction of sp³-hybridized carbons (Fsp3) is 0.583. The molecule has 1 aromatic heterocycles. The van der Waals surface area contributed by atoms with Crippen molar-refractivity contribution in [3.63, 3.8) is 0 Å². The Bertz CT molecular complexity index is 428. The molecule has 6 nitrogen and oxygen atoms in total. The summed E-state index contributed by atoms with van der Waals surface area (Å²) in [5, 5.41) is 8.64. The van der Waals surface area contributed by atoms with Gasteiger partial charge in [-0.1, -0.05) is 6.92 Å². The van der Waals surface area contributed by atoms with E-state index < -0.39 is 5.97 Å². The second kappa shape index (κ2) is 6.18. The van der Waals surface area contributed by atoms with Crippen LogP contribution in [-0.4, -0.2) is 38.5 Å². The van der Waals surface area contributed by atoms with E-state index in [2.05, 4.69) is 4.98 Å². The first-order valence-corrected chi connectivity index (χ1v) is 5.82. The Kier molecular flexibility index (Phi) is 4.88. The smallest absolute Gasteiger partial charge is 0.303 e. The van der Waals surface area contributed by atoms with Gasteiger partial charge in [0.25, 0.3) is 0 Å². The van der Waals surface area contributed by atoms with Gasteiger partial charge in [-0.15, -0.1) is 0 Å². The predicted octanol–water partition coefficient (Wildman–Crippen LogP) is 0.879. The third kappa shape index (κ3) is 4.20. The third-order valence-corrected chi connectivity index (χ3v) is 2.77. The van der Waals surface area contributed by atoms with Crippen molar-refractivity contribution in [2.45, 2.75) is 26.3 Å². The molecule has 0 spiro atoms. The van der Waals surface area contributed by atoms with Crippen molar-refractivity contribution in [2.75, 3.05) is 7.05 Å². The van der Waals surface area contributed by atoms with E-state index in [1.54, 1.807) is 25.1 Å². The van der Waals surface area contributed by atoms with E-state index in [0.29, 0.717) is 6.54 Å². The third-order valence-electron chi connectivity index (χ3n) is 2.77. The molecule has 1 heterocycles. The fourth-order valence-electron chi connectivity index (χ4n) is 1.67. The highest BCUT2D eigenvalue weighted by Gasteiger charge is 2.16. The number of carboxylic acid groups (broad SMARTS) is 1. The second-order valence-corrected chi connectivity index (χ2v) is 4.61. The molecule has 1 aromatic rings. The highest BCUT2D eigenvalue weighted by molar-refractivity contribution is 5.77. The molecule has 1 amide bonds. The van der Waals surface area contributed by atoms with Crippen LogP contribution in [0.25, 0.3) is 0 Å². The SMILES string of the molecule is CC(CC(=O)O)CC(=O)N(C)Cc1nccn1C. The van der Waals surface area contributed by atoms with Gasteiger partial charge in [0.1, 0.15) is 5.82 Å². The van der Waals surface area contributed by atoms with Crippen LogP contribution in [0.2, 0.25) is 0 Å². The average molecular weight is 253 g/mol. The van der Waals surface area contributed by atoms with Crippen molar-refractivity contribution in [1.29, 1.82) is 0 Å². The van der Waals surface area contributed by atoms with Crippen LogP contribution in [0.5, 0.6) is 0 Å². The number of hydrogen-bond donors (Lipinski definition) is 1. The van der Waals surface area contributed by atoms with Crippen molar-refractivity contribution in [3.8, 4) is 0 Å². The topological polar surface area (TPSA) is 75.4 Å². The van der Waals surface area contributed by atoms with Gasteiger partial charge < -0.3 is 14.6 Å². The van der Waals surface area contributed by atoms with Crippen molar-refractivity contribution in [3.05, 3.63) is 18.2 Å². The maximum absolute atomic E-state index is 11.9. The van der Waals surface area contributed by atoms with Crippen LogP contribution >= 0.6 is 0 Å². The Labute approximate surface area is 106 Å². The lowest BCUT2D eigenvalue weighted by Gasteiger charge is -2.18. The molecule has 0 saturated heterocycles. The number of hydrogen-bond acceptors (Lipinski definition) is 3. The lowest BCUT2D eigenvalue weighted by molar-refractivity contribution is -0.138. The number of rotatable bonds is 6. The first-order chi connectivity index (χ1) is 8.40. The molecule has 0 fully saturated rings. The van der Waals surface area contributed by atoms with Crippen LogP contribution in [0.15, 0.2) is 12.4 Å². The molecule has 0 aliphatic heterocycles. The van der Waals surface area contributed by atoms with E-state index >= 15 is 0 Å². The summed E-state index contributed by atoms with van der Waals surface area (Å²) in [5.41, 5.74) is 0. The zero-order valence-electron chi connectivity index (χ0n) is 11.0. The molecular weight excluding hydrogens is 234 g/mol. The van der Waals surface area contributed by atoms with E-state index in [-0.39, 0.29) is 24.7 Å². The summed E-state index contributed by atoms with van der Waals surface area (Å²) in [4.78, 5) is 28.1. The van der Waals surface area contributed by atoms with Gasteiger partial charge in [-0.2, -0.15) is 0 Å². The lowest BCUT2D eigenvalue weighted by Crippen LogP contribution is -2.29. The van der Waals surface area contributed by atoms with Crippen LogP contribution < -0.4 is 0 Å². The second-order valence-electron chi connectivity index (χ2n) is 4.61. The highest BCUT2D eigenvalue weighted by Crippen LogP contribution is 2.10. The van der Waals surface area contributed by atoms with Crippen molar-refractivity contribution >= 4 is 11.9 Å². The number of carbonyl (C=O) groups is 2. The molecule has 1 atom stereocenters. The molecule has 0 aromatic carbocycles. The number of carboxylic acids is 1. The summed E-state index contributed by atoms with van der Waals surface area (Å²) in [7, 11) is 3.57. The summed E-state index contributed by atoms with van der Waals surface area (Å²) in [6.07, 6.45) is 3.76. The Morgan fingerprint density at radius 2 is 2.17 bits per heavy atom. The number of imidazole rings is 1. The first kappa shape index (κ1) is 14.2. The lowest BCUT2D eigenvalue weighted by atomic mass is 10.0. The number of aryl methyl sites for hydroxylation is 1. The molecule has 1 unspecified atom stereocenters. The molecule has 0 bridgehead atoms. The van der Waals surface area contributed by atoms with Crippen LogP contribution in [-0.2, 0) is 23.2 Å². The zero-order valence-corrected chi connectivity index (χ0v) is 11.0. The minimum atomic E-state index is -0.873. The van der Waals surface area contributed by atoms with Crippen LogP contribution in [0.3, 0.4) is 0 Å². The quantitative estimate of drug-likeness (QED) is 0.816. The maximum Gasteiger partial charge on any atom is 0.303 e. The molecule has 100 valence electrons. The van der Waals surface area contributed by atoms with Gasteiger partial charge in [0.15, 0.2) is 0 Å². The summed E-state index contributed by atoms with van der Waals surface area (Å²) >= 11 is 0. The standard InChI is InChI=1S/C12H19N3O3/c1-9(7-12(17)18)6-11(16)15(3)8-10-13-4-5-14(10)2/h4-5,9H,6-8H2,1-3H3,(H,17,18). The molecule has 6 heteroatoms. The monoisotopic (exact) mass is 253 g/mol. The van der Waals surface area contributed by atoms with Crippen molar-refractivity contribution in [2.24, 2.45) is 13.0 Å². The molecule has 0 aliphatic carbocycles. The molecule has 18 heavy (non-hydrogen) atoms. The number of aromatic nitrogens is 2. The van der Waals surface area contributed by atoms with Crippen LogP contribution in [0.4, 0.5) is 0 Å². The number of nitrogens with zero attached hydrogens (tertiary/aromatic N) is 3. The Morgan fingerprint density at radius 3 is 2.67 bits per heavy atom. The average Bonchev–Trinajstić information content (AvgIpc) is 2.62. The first-order valence-electron chi connectivity index (χ1n) is 5.82. The Balaban J connectivity index is 2.47. The summed E-state index contributed by atoms with van der Waals surface area (Å²) in [6.45, 7) is 2.20. The van der Waals surface area contributed by atoms with E-state index in [1.807, 2.05) is 17.8 Å². The minimum absolute atomic E-state index is 0.0159. The van der Waals surface area contributed by atoms with Crippen molar-refractivity contribution < 1.29 is 14.7 Å². The van der Waals surface area contributed by atoms with Gasteiger partial charge in [0.05, 0.1) is 6.54 Å². The molecule has 0 radical (unpaired) electrons. The molecule has 1 N–H and O–H groups in total. The summed E-state index contributed by atoms with van der Waals surface area (Å²) in [6, 6.07) is 0. The summed E-state index contributed by atoms with van der Waals surface area (Å²) in [5.74, 6) is -0.288. The van der Waals surface area contributed by atoms with E-state index in [1.165, 1.54) is 0 Å². The van der Waals surface area contributed by atoms with Gasteiger partial charge >= 0.3 is 5.97 Å². The minimum Gasteiger partial charge on any atom is -0.481 e.